The third kappa shape index (κ3) is 48.3. The van der Waals surface area contributed by atoms with Crippen molar-refractivity contribution in [2.24, 2.45) is 0 Å². The lowest BCUT2D eigenvalue weighted by Crippen LogP contribution is -2.30. The molecule has 0 saturated heterocycles. The quantitative estimate of drug-likeness (QED) is 0.0263. The minimum absolute atomic E-state index is 0.0701. The molecule has 6 heteroatoms. The average molecular weight is 855 g/mol. The fraction of sp³-hybridized carbons (Fsp3) is 0.800. The van der Waals surface area contributed by atoms with E-state index in [2.05, 4.69) is 69.4 Å². The van der Waals surface area contributed by atoms with Crippen LogP contribution in [0.15, 0.2) is 48.6 Å². The van der Waals surface area contributed by atoms with Gasteiger partial charge in [0.2, 0.25) is 0 Å². The van der Waals surface area contributed by atoms with E-state index in [4.69, 9.17) is 14.2 Å². The number of unbranched alkanes of at least 4 members (excludes halogenated alkanes) is 28. The zero-order valence-electron chi connectivity index (χ0n) is 40.4. The molecule has 0 aromatic rings. The van der Waals surface area contributed by atoms with Gasteiger partial charge in [-0.25, -0.2) is 0 Å². The van der Waals surface area contributed by atoms with Crippen LogP contribution in [0.5, 0.6) is 0 Å². The Labute approximate surface area is 378 Å². The van der Waals surface area contributed by atoms with E-state index in [0.717, 1.165) is 89.9 Å². The molecule has 1 atom stereocenters. The molecule has 0 aliphatic heterocycles. The first-order chi connectivity index (χ1) is 30.0. The van der Waals surface area contributed by atoms with Crippen molar-refractivity contribution in [3.63, 3.8) is 0 Å². The Morgan fingerprint density at radius 1 is 0.344 bits per heavy atom. The Kier molecular flexibility index (Phi) is 47.9. The molecule has 354 valence electrons. The number of ether oxygens (including phenoxy) is 3. The fourth-order valence-corrected chi connectivity index (χ4v) is 7.43. The number of carbonyl (C=O) groups excluding carboxylic acids is 3. The number of esters is 3. The third-order valence-electron chi connectivity index (χ3n) is 11.3. The van der Waals surface area contributed by atoms with Crippen molar-refractivity contribution in [3.8, 4) is 0 Å². The van der Waals surface area contributed by atoms with E-state index < -0.39 is 6.10 Å². The number of hydrogen-bond donors (Lipinski definition) is 0. The van der Waals surface area contributed by atoms with Crippen LogP contribution in [0.25, 0.3) is 0 Å². The Morgan fingerprint density at radius 2 is 0.639 bits per heavy atom. The normalized spacial score (nSPS) is 12.4. The smallest absolute Gasteiger partial charge is 0.306 e. The maximum Gasteiger partial charge on any atom is 0.306 e. The molecule has 0 fully saturated rings. The Balaban J connectivity index is 3.98. The highest BCUT2D eigenvalue weighted by Crippen LogP contribution is 2.16. The predicted octanol–water partition coefficient (Wildman–Crippen LogP) is 17.1. The Morgan fingerprint density at radius 3 is 1.00 bits per heavy atom. The summed E-state index contributed by atoms with van der Waals surface area (Å²) < 4.78 is 16.6. The maximum absolute atomic E-state index is 12.7. The summed E-state index contributed by atoms with van der Waals surface area (Å²) in [5, 5.41) is 0. The second-order valence-electron chi connectivity index (χ2n) is 17.4. The molecule has 1 unspecified atom stereocenters. The lowest BCUT2D eigenvalue weighted by atomic mass is 10.0. The maximum atomic E-state index is 12.7. The molecule has 0 heterocycles. The molecular formula is C55H98O6. The third-order valence-corrected chi connectivity index (χ3v) is 11.3. The first kappa shape index (κ1) is 58.4. The average Bonchev–Trinajstić information content (AvgIpc) is 3.26. The number of rotatable bonds is 47. The largest absolute Gasteiger partial charge is 0.462 e. The zero-order chi connectivity index (χ0) is 44.4. The van der Waals surface area contributed by atoms with Gasteiger partial charge in [0.25, 0.3) is 0 Å². The summed E-state index contributed by atoms with van der Waals surface area (Å²) in [5.41, 5.74) is 0. The van der Waals surface area contributed by atoms with Gasteiger partial charge in [-0.3, -0.25) is 14.4 Å². The molecule has 0 amide bonds. The van der Waals surface area contributed by atoms with Gasteiger partial charge in [0.1, 0.15) is 13.2 Å². The standard InChI is InChI=1S/C55H98O6/c1-4-7-10-13-15-17-19-20-21-22-23-24-25-26-27-28-29-30-31-32-33-34-36-37-39-42-45-48-54(57)60-51-52(50-59-53(56)47-44-41-12-9-6-3)61-55(58)49-46-43-40-38-35-18-16-14-11-8-5-2/h7,10,15,17,20-21,23-24,52H,4-6,8-9,11-14,16,18-19,22,25-51H2,1-3H3/b10-7-,17-15-,21-20-,24-23-. The number of hydrogen-bond acceptors (Lipinski definition) is 6. The lowest BCUT2D eigenvalue weighted by Gasteiger charge is -2.18. The summed E-state index contributed by atoms with van der Waals surface area (Å²) in [6.07, 6.45) is 60.1. The van der Waals surface area contributed by atoms with Crippen molar-refractivity contribution in [2.75, 3.05) is 13.2 Å². The molecule has 0 rings (SSSR count). The Bertz CT molecular complexity index is 1070. The Hall–Kier alpha value is -2.63. The lowest BCUT2D eigenvalue weighted by molar-refractivity contribution is -0.167. The summed E-state index contributed by atoms with van der Waals surface area (Å²) in [6, 6.07) is 0. The van der Waals surface area contributed by atoms with Crippen LogP contribution in [-0.2, 0) is 28.6 Å². The fourth-order valence-electron chi connectivity index (χ4n) is 7.43. The van der Waals surface area contributed by atoms with Gasteiger partial charge in [0, 0.05) is 19.3 Å². The van der Waals surface area contributed by atoms with Crippen molar-refractivity contribution in [1.29, 1.82) is 0 Å². The van der Waals surface area contributed by atoms with E-state index in [0.29, 0.717) is 19.3 Å². The van der Waals surface area contributed by atoms with Gasteiger partial charge >= 0.3 is 17.9 Å². The van der Waals surface area contributed by atoms with Gasteiger partial charge < -0.3 is 14.2 Å². The molecule has 0 saturated carbocycles. The van der Waals surface area contributed by atoms with E-state index in [-0.39, 0.29) is 31.1 Å². The van der Waals surface area contributed by atoms with E-state index in [1.807, 2.05) is 0 Å². The highest BCUT2D eigenvalue weighted by Gasteiger charge is 2.19. The highest BCUT2D eigenvalue weighted by atomic mass is 16.6. The van der Waals surface area contributed by atoms with Crippen molar-refractivity contribution < 1.29 is 28.6 Å². The molecule has 0 aromatic carbocycles. The first-order valence-electron chi connectivity index (χ1n) is 26.1. The van der Waals surface area contributed by atoms with Crippen molar-refractivity contribution in [1.82, 2.24) is 0 Å². The van der Waals surface area contributed by atoms with E-state index in [9.17, 15) is 14.4 Å². The summed E-state index contributed by atoms with van der Waals surface area (Å²) in [6.45, 7) is 6.45. The molecule has 0 N–H and O–H groups in total. The molecular weight excluding hydrogens is 757 g/mol. The van der Waals surface area contributed by atoms with Crippen molar-refractivity contribution in [3.05, 3.63) is 48.6 Å². The van der Waals surface area contributed by atoms with Crippen LogP contribution in [0.1, 0.15) is 265 Å². The molecule has 0 spiro atoms. The van der Waals surface area contributed by atoms with Gasteiger partial charge in [0.05, 0.1) is 0 Å². The van der Waals surface area contributed by atoms with Crippen LogP contribution < -0.4 is 0 Å². The molecule has 0 aliphatic carbocycles. The zero-order valence-corrected chi connectivity index (χ0v) is 40.4. The number of carbonyl (C=O) groups is 3. The van der Waals surface area contributed by atoms with Crippen LogP contribution in [-0.4, -0.2) is 37.2 Å². The SMILES string of the molecule is CC/C=C\C/C=C\C/C=C\C/C=C\CCCCCCCCCCCCCCCCC(=O)OCC(COC(=O)CCCCCCC)OC(=O)CCCCCCCCCCCCC. The van der Waals surface area contributed by atoms with Gasteiger partial charge in [-0.05, 0) is 57.8 Å². The van der Waals surface area contributed by atoms with Gasteiger partial charge in [-0.2, -0.15) is 0 Å². The first-order valence-corrected chi connectivity index (χ1v) is 26.1. The van der Waals surface area contributed by atoms with E-state index >= 15 is 0 Å². The van der Waals surface area contributed by atoms with Crippen molar-refractivity contribution >= 4 is 17.9 Å². The molecule has 0 radical (unpaired) electrons. The monoisotopic (exact) mass is 855 g/mol. The minimum atomic E-state index is -0.764. The number of allylic oxidation sites excluding steroid dienone is 8. The van der Waals surface area contributed by atoms with E-state index in [1.165, 1.54) is 135 Å². The summed E-state index contributed by atoms with van der Waals surface area (Å²) >= 11 is 0. The molecule has 0 aliphatic rings. The van der Waals surface area contributed by atoms with Crippen molar-refractivity contribution in [2.45, 2.75) is 271 Å². The second-order valence-corrected chi connectivity index (χ2v) is 17.4. The predicted molar refractivity (Wildman–Crippen MR) is 261 cm³/mol. The minimum Gasteiger partial charge on any atom is -0.462 e. The van der Waals surface area contributed by atoms with E-state index in [1.54, 1.807) is 0 Å². The molecule has 0 aromatic heterocycles. The molecule has 0 bridgehead atoms. The van der Waals surface area contributed by atoms with Crippen LogP contribution in [0.4, 0.5) is 0 Å². The summed E-state index contributed by atoms with van der Waals surface area (Å²) in [5.74, 6) is -0.878. The highest BCUT2D eigenvalue weighted by molar-refractivity contribution is 5.71. The van der Waals surface area contributed by atoms with Gasteiger partial charge in [-0.1, -0.05) is 236 Å². The van der Waals surface area contributed by atoms with Crippen LogP contribution >= 0.6 is 0 Å². The van der Waals surface area contributed by atoms with Crippen LogP contribution in [0.2, 0.25) is 0 Å². The van der Waals surface area contributed by atoms with Gasteiger partial charge in [-0.15, -0.1) is 0 Å². The molecule has 61 heavy (non-hydrogen) atoms. The summed E-state index contributed by atoms with van der Waals surface area (Å²) in [4.78, 5) is 37.6. The second kappa shape index (κ2) is 50.0. The van der Waals surface area contributed by atoms with Crippen LogP contribution in [0, 0.1) is 0 Å². The molecule has 6 nitrogen and oxygen atoms in total. The summed E-state index contributed by atoms with van der Waals surface area (Å²) in [7, 11) is 0. The van der Waals surface area contributed by atoms with Crippen LogP contribution in [0.3, 0.4) is 0 Å². The van der Waals surface area contributed by atoms with Gasteiger partial charge in [0.15, 0.2) is 6.10 Å². The topological polar surface area (TPSA) is 78.9 Å².